The molecular formula is C24H27NO2S. The Labute approximate surface area is 170 Å². The van der Waals surface area contributed by atoms with E-state index in [4.69, 9.17) is 4.98 Å². The summed E-state index contributed by atoms with van der Waals surface area (Å²) in [6, 6.07) is 8.51. The van der Waals surface area contributed by atoms with Gasteiger partial charge < -0.3 is 5.11 Å². The molecule has 2 unspecified atom stereocenters. The number of carboxylic acids is 1. The van der Waals surface area contributed by atoms with Crippen LogP contribution in [-0.4, -0.2) is 16.1 Å². The fraction of sp³-hybridized carbons (Fsp3) is 0.417. The zero-order chi connectivity index (χ0) is 20.0. The number of fused-ring (bicyclic) bond motifs is 3. The van der Waals surface area contributed by atoms with Crippen molar-refractivity contribution in [2.75, 3.05) is 0 Å². The maximum atomic E-state index is 12.2. The van der Waals surface area contributed by atoms with Crippen molar-refractivity contribution in [2.45, 2.75) is 65.2 Å². The number of aliphatic carboxylic acids is 1. The highest BCUT2D eigenvalue weighted by molar-refractivity contribution is 7.19. The molecule has 0 aliphatic heterocycles. The molecule has 3 aromatic rings. The summed E-state index contributed by atoms with van der Waals surface area (Å²) in [6.45, 7) is 8.40. The number of thiophene rings is 1. The van der Waals surface area contributed by atoms with Gasteiger partial charge in [0.1, 0.15) is 4.83 Å². The Kier molecular flexibility index (Phi) is 5.00. The van der Waals surface area contributed by atoms with Crippen molar-refractivity contribution in [1.29, 1.82) is 0 Å². The van der Waals surface area contributed by atoms with Crippen molar-refractivity contribution in [2.24, 2.45) is 0 Å². The first-order valence-electron chi connectivity index (χ1n) is 10.2. The molecule has 4 rings (SSSR count). The van der Waals surface area contributed by atoms with Crippen molar-refractivity contribution in [3.63, 3.8) is 0 Å². The lowest BCUT2D eigenvalue weighted by atomic mass is 9.84. The van der Waals surface area contributed by atoms with E-state index in [0.29, 0.717) is 12.3 Å². The number of hydrogen-bond donors (Lipinski definition) is 1. The second-order valence-electron chi connectivity index (χ2n) is 8.10. The number of benzene rings is 1. The maximum Gasteiger partial charge on any atom is 0.311 e. The average molecular weight is 394 g/mol. The molecule has 0 amide bonds. The van der Waals surface area contributed by atoms with Gasteiger partial charge in [0.15, 0.2) is 0 Å². The lowest BCUT2D eigenvalue weighted by Crippen LogP contribution is -2.15. The topological polar surface area (TPSA) is 50.2 Å². The summed E-state index contributed by atoms with van der Waals surface area (Å²) >= 11 is 1.80. The van der Waals surface area contributed by atoms with Crippen molar-refractivity contribution in [3.05, 3.63) is 51.5 Å². The molecule has 28 heavy (non-hydrogen) atoms. The fourth-order valence-corrected chi connectivity index (χ4v) is 5.96. The van der Waals surface area contributed by atoms with Gasteiger partial charge in [-0.1, -0.05) is 50.1 Å². The summed E-state index contributed by atoms with van der Waals surface area (Å²) < 4.78 is 0. The molecule has 0 bridgehead atoms. The average Bonchev–Trinajstić information content (AvgIpc) is 3.19. The van der Waals surface area contributed by atoms with Gasteiger partial charge in [-0.3, -0.25) is 4.79 Å². The number of rotatable bonds is 5. The van der Waals surface area contributed by atoms with Crippen LogP contribution in [0.3, 0.4) is 0 Å². The van der Waals surface area contributed by atoms with E-state index in [9.17, 15) is 9.90 Å². The zero-order valence-electron chi connectivity index (χ0n) is 17.0. The summed E-state index contributed by atoms with van der Waals surface area (Å²) in [5, 5.41) is 11.2. The number of carboxylic acid groups (broad SMARTS) is 1. The molecule has 2 heterocycles. The number of nitrogens with zero attached hydrogens (tertiary/aromatic N) is 1. The van der Waals surface area contributed by atoms with E-state index < -0.39 is 11.9 Å². The lowest BCUT2D eigenvalue weighted by molar-refractivity contribution is -0.139. The predicted octanol–water partition coefficient (Wildman–Crippen LogP) is 6.60. The van der Waals surface area contributed by atoms with Crippen LogP contribution in [0.2, 0.25) is 0 Å². The minimum Gasteiger partial charge on any atom is -0.481 e. The quantitative estimate of drug-likeness (QED) is 0.531. The number of aryl methyl sites for hydroxylation is 3. The molecule has 146 valence electrons. The Balaban J connectivity index is 2.10. The van der Waals surface area contributed by atoms with Gasteiger partial charge in [0.05, 0.1) is 5.92 Å². The van der Waals surface area contributed by atoms with Crippen LogP contribution in [0.4, 0.5) is 0 Å². The summed E-state index contributed by atoms with van der Waals surface area (Å²) in [5.41, 5.74) is 6.59. The Hall–Kier alpha value is -2.20. The lowest BCUT2D eigenvalue weighted by Gasteiger charge is -2.20. The second kappa shape index (κ2) is 7.32. The van der Waals surface area contributed by atoms with Crippen LogP contribution in [0.25, 0.3) is 21.3 Å². The van der Waals surface area contributed by atoms with Crippen LogP contribution in [0, 0.1) is 13.8 Å². The molecule has 1 aromatic carbocycles. The predicted molar refractivity (Wildman–Crippen MR) is 117 cm³/mol. The summed E-state index contributed by atoms with van der Waals surface area (Å²) in [6.07, 6.45) is 3.70. The highest BCUT2D eigenvalue weighted by Gasteiger charge is 2.32. The van der Waals surface area contributed by atoms with Gasteiger partial charge in [0.25, 0.3) is 0 Å². The second-order valence-corrected chi connectivity index (χ2v) is 9.13. The molecule has 2 atom stereocenters. The number of carbonyl (C=O) groups is 1. The Morgan fingerprint density at radius 1 is 1.29 bits per heavy atom. The van der Waals surface area contributed by atoms with Crippen LogP contribution < -0.4 is 0 Å². The third kappa shape index (κ3) is 3.04. The molecule has 0 saturated carbocycles. The van der Waals surface area contributed by atoms with Crippen molar-refractivity contribution >= 4 is 27.5 Å². The van der Waals surface area contributed by atoms with Gasteiger partial charge in [-0.15, -0.1) is 11.3 Å². The van der Waals surface area contributed by atoms with Crippen molar-refractivity contribution < 1.29 is 9.90 Å². The van der Waals surface area contributed by atoms with E-state index in [1.165, 1.54) is 27.8 Å². The van der Waals surface area contributed by atoms with Gasteiger partial charge in [-0.2, -0.15) is 0 Å². The first-order valence-corrected chi connectivity index (χ1v) is 11.0. The normalized spacial score (nSPS) is 17.1. The molecule has 3 nitrogen and oxygen atoms in total. The number of pyridine rings is 1. The maximum absolute atomic E-state index is 12.2. The van der Waals surface area contributed by atoms with E-state index in [1.54, 1.807) is 11.3 Å². The third-order valence-corrected chi connectivity index (χ3v) is 7.39. The molecular weight excluding hydrogens is 366 g/mol. The molecule has 4 heteroatoms. The van der Waals surface area contributed by atoms with Crippen molar-refractivity contribution in [1.82, 2.24) is 4.98 Å². The summed E-state index contributed by atoms with van der Waals surface area (Å²) in [4.78, 5) is 19.6. The van der Waals surface area contributed by atoms with Gasteiger partial charge >= 0.3 is 5.97 Å². The van der Waals surface area contributed by atoms with Crippen molar-refractivity contribution in [3.8, 4) is 11.1 Å². The van der Waals surface area contributed by atoms with E-state index in [0.717, 1.165) is 40.1 Å². The first-order chi connectivity index (χ1) is 13.4. The number of aromatic nitrogens is 1. The minimum absolute atomic E-state index is 0.521. The molecule has 1 N–H and O–H groups in total. The first kappa shape index (κ1) is 19.1. The Morgan fingerprint density at radius 2 is 2.00 bits per heavy atom. The van der Waals surface area contributed by atoms with Crippen LogP contribution >= 0.6 is 11.3 Å². The number of hydrogen-bond acceptors (Lipinski definition) is 3. The Bertz CT molecular complexity index is 1050. The van der Waals surface area contributed by atoms with Gasteiger partial charge in [-0.05, 0) is 61.3 Å². The van der Waals surface area contributed by atoms with Gasteiger partial charge in [0, 0.05) is 16.0 Å². The molecule has 0 fully saturated rings. The monoisotopic (exact) mass is 393 g/mol. The third-order valence-electron chi connectivity index (χ3n) is 6.04. The molecule has 1 aliphatic rings. The van der Waals surface area contributed by atoms with E-state index in [-0.39, 0.29) is 0 Å². The smallest absolute Gasteiger partial charge is 0.311 e. The highest BCUT2D eigenvalue weighted by Crippen LogP contribution is 2.49. The van der Waals surface area contributed by atoms with Crippen LogP contribution in [0.5, 0.6) is 0 Å². The fourth-order valence-electron chi connectivity index (χ4n) is 4.60. The van der Waals surface area contributed by atoms with E-state index in [2.05, 4.69) is 38.1 Å². The highest BCUT2D eigenvalue weighted by atomic mass is 32.1. The molecule has 0 saturated heterocycles. The van der Waals surface area contributed by atoms with E-state index in [1.807, 2.05) is 13.8 Å². The molecule has 0 spiro atoms. The zero-order valence-corrected chi connectivity index (χ0v) is 17.8. The van der Waals surface area contributed by atoms with Crippen LogP contribution in [0.15, 0.2) is 24.3 Å². The largest absolute Gasteiger partial charge is 0.481 e. The standard InChI is InChI=1S/C24H27NO2S/c1-5-6-18(24(26)27)19-15(4)25-23-21(17-12-9-14(3)22(17)28-23)20(19)16-10-7-13(2)8-11-16/h7-8,10-11,14,18H,5-6,9,12H2,1-4H3,(H,26,27). The van der Waals surface area contributed by atoms with E-state index >= 15 is 0 Å². The van der Waals surface area contributed by atoms with Gasteiger partial charge in [0.2, 0.25) is 0 Å². The minimum atomic E-state index is -0.750. The Morgan fingerprint density at radius 3 is 2.64 bits per heavy atom. The molecule has 1 aliphatic carbocycles. The van der Waals surface area contributed by atoms with Crippen LogP contribution in [0.1, 0.15) is 72.2 Å². The van der Waals surface area contributed by atoms with Crippen LogP contribution in [-0.2, 0) is 11.2 Å². The molecule has 2 aromatic heterocycles. The summed E-state index contributed by atoms with van der Waals surface area (Å²) in [5.74, 6) is -0.706. The van der Waals surface area contributed by atoms with Gasteiger partial charge in [-0.25, -0.2) is 4.98 Å². The molecule has 0 radical (unpaired) electrons. The summed E-state index contributed by atoms with van der Waals surface area (Å²) in [7, 11) is 0. The SMILES string of the molecule is CCCC(C(=O)O)c1c(C)nc2sc3c(c2c1-c1ccc(C)cc1)CCC3C.